The Morgan fingerprint density at radius 1 is 1.25 bits per heavy atom. The molecule has 2 rings (SSSR count). The first-order valence-corrected chi connectivity index (χ1v) is 8.49. The summed E-state index contributed by atoms with van der Waals surface area (Å²) in [6, 6.07) is 6.69. The summed E-state index contributed by atoms with van der Waals surface area (Å²) in [7, 11) is 1.40. The zero-order valence-corrected chi connectivity index (χ0v) is 14.8. The highest BCUT2D eigenvalue weighted by Gasteiger charge is 2.12. The van der Waals surface area contributed by atoms with Crippen molar-refractivity contribution in [3.8, 4) is 5.75 Å². The number of carbonyl (C=O) groups excluding carboxylic acids is 1. The number of hydrogen-bond acceptors (Lipinski definition) is 4. The molecule has 0 fully saturated rings. The number of anilines is 1. The normalized spacial score (nSPS) is 10.5. The van der Waals surface area contributed by atoms with Gasteiger partial charge in [-0.05, 0) is 50.5 Å². The van der Waals surface area contributed by atoms with Gasteiger partial charge in [0.05, 0.1) is 7.11 Å². The molecular formula is C18H21NO4S. The van der Waals surface area contributed by atoms with Crippen molar-refractivity contribution in [2.24, 2.45) is 0 Å². The molecule has 1 amide bonds. The van der Waals surface area contributed by atoms with E-state index in [4.69, 9.17) is 9.84 Å². The van der Waals surface area contributed by atoms with Crippen LogP contribution >= 0.6 is 11.3 Å². The smallest absolute Gasteiger partial charge is 0.339 e. The summed E-state index contributed by atoms with van der Waals surface area (Å²) in [6.07, 6.45) is 2.06. The Hall–Kier alpha value is -2.34. The van der Waals surface area contributed by atoms with Crippen LogP contribution in [0.3, 0.4) is 0 Å². The topological polar surface area (TPSA) is 75.6 Å². The average molecular weight is 347 g/mol. The van der Waals surface area contributed by atoms with Crippen molar-refractivity contribution in [3.63, 3.8) is 0 Å². The standard InChI is InChI=1S/C18H21NO4S/c1-11-9-13(12(2)24-11)5-4-6-17(20)19-14-7-8-15(18(21)22)16(10-14)23-3/h7-10H,4-6H2,1-3H3,(H,19,20)(H,21,22). The summed E-state index contributed by atoms with van der Waals surface area (Å²) in [5, 5.41) is 11.8. The van der Waals surface area contributed by atoms with E-state index in [1.54, 1.807) is 17.4 Å². The van der Waals surface area contributed by atoms with Gasteiger partial charge in [0, 0.05) is 27.9 Å². The van der Waals surface area contributed by atoms with Gasteiger partial charge in [0.1, 0.15) is 11.3 Å². The molecular weight excluding hydrogens is 326 g/mol. The number of ether oxygens (including phenoxy) is 1. The maximum Gasteiger partial charge on any atom is 0.339 e. The molecule has 0 atom stereocenters. The van der Waals surface area contributed by atoms with Crippen LogP contribution in [0.4, 0.5) is 5.69 Å². The quantitative estimate of drug-likeness (QED) is 0.793. The number of amides is 1. The van der Waals surface area contributed by atoms with Gasteiger partial charge in [0.15, 0.2) is 0 Å². The van der Waals surface area contributed by atoms with E-state index >= 15 is 0 Å². The summed E-state index contributed by atoms with van der Waals surface area (Å²) in [4.78, 5) is 25.7. The van der Waals surface area contributed by atoms with Gasteiger partial charge < -0.3 is 15.2 Å². The molecule has 5 nitrogen and oxygen atoms in total. The van der Waals surface area contributed by atoms with Crippen molar-refractivity contribution in [2.75, 3.05) is 12.4 Å². The van der Waals surface area contributed by atoms with E-state index < -0.39 is 5.97 Å². The second-order valence-corrected chi connectivity index (χ2v) is 7.02. The van der Waals surface area contributed by atoms with Gasteiger partial charge in [-0.25, -0.2) is 4.79 Å². The van der Waals surface area contributed by atoms with E-state index in [2.05, 4.69) is 25.2 Å². The molecule has 0 aliphatic rings. The summed E-state index contributed by atoms with van der Waals surface area (Å²) in [5.41, 5.74) is 1.90. The Morgan fingerprint density at radius 2 is 2.00 bits per heavy atom. The van der Waals surface area contributed by atoms with Crippen molar-refractivity contribution in [1.29, 1.82) is 0 Å². The van der Waals surface area contributed by atoms with Gasteiger partial charge in [-0.1, -0.05) is 0 Å². The second kappa shape index (κ2) is 7.97. The van der Waals surface area contributed by atoms with E-state index in [0.29, 0.717) is 12.1 Å². The summed E-state index contributed by atoms with van der Waals surface area (Å²) in [6.45, 7) is 4.19. The van der Waals surface area contributed by atoms with Crippen LogP contribution in [-0.4, -0.2) is 24.1 Å². The van der Waals surface area contributed by atoms with Crippen molar-refractivity contribution >= 4 is 28.9 Å². The maximum atomic E-state index is 12.0. The molecule has 2 aromatic rings. The summed E-state index contributed by atoms with van der Waals surface area (Å²) >= 11 is 1.78. The number of hydrogen-bond donors (Lipinski definition) is 2. The lowest BCUT2D eigenvalue weighted by Gasteiger charge is -2.09. The molecule has 24 heavy (non-hydrogen) atoms. The SMILES string of the molecule is COc1cc(NC(=O)CCCc2cc(C)sc2C)ccc1C(=O)O. The number of carboxylic acids is 1. The highest BCUT2D eigenvalue weighted by atomic mass is 32.1. The molecule has 0 unspecified atom stereocenters. The van der Waals surface area contributed by atoms with Crippen molar-refractivity contribution in [1.82, 2.24) is 0 Å². The molecule has 1 aromatic heterocycles. The molecule has 0 aliphatic carbocycles. The zero-order chi connectivity index (χ0) is 17.7. The Balaban J connectivity index is 1.90. The monoisotopic (exact) mass is 347 g/mol. The maximum absolute atomic E-state index is 12.0. The zero-order valence-electron chi connectivity index (χ0n) is 14.0. The lowest BCUT2D eigenvalue weighted by Crippen LogP contribution is -2.12. The van der Waals surface area contributed by atoms with Crippen molar-refractivity contribution in [2.45, 2.75) is 33.1 Å². The average Bonchev–Trinajstić information content (AvgIpc) is 2.84. The van der Waals surface area contributed by atoms with E-state index in [-0.39, 0.29) is 17.2 Å². The van der Waals surface area contributed by atoms with Crippen LogP contribution < -0.4 is 10.1 Å². The third-order valence-corrected chi connectivity index (χ3v) is 4.72. The van der Waals surface area contributed by atoms with E-state index in [0.717, 1.165) is 12.8 Å². The number of aryl methyl sites for hydroxylation is 3. The predicted molar refractivity (Wildman–Crippen MR) is 95.3 cm³/mol. The number of carboxylic acid groups (broad SMARTS) is 1. The van der Waals surface area contributed by atoms with Gasteiger partial charge in [-0.3, -0.25) is 4.79 Å². The number of rotatable bonds is 7. The predicted octanol–water partition coefficient (Wildman–Crippen LogP) is 4.03. The molecule has 0 saturated carbocycles. The van der Waals surface area contributed by atoms with E-state index in [1.165, 1.54) is 34.6 Å². The fraction of sp³-hybridized carbons (Fsp3) is 0.333. The Bertz CT molecular complexity index is 751. The van der Waals surface area contributed by atoms with E-state index in [1.807, 2.05) is 0 Å². The fourth-order valence-electron chi connectivity index (χ4n) is 2.54. The van der Waals surface area contributed by atoms with E-state index in [9.17, 15) is 9.59 Å². The van der Waals surface area contributed by atoms with Gasteiger partial charge in [-0.15, -0.1) is 11.3 Å². The van der Waals surface area contributed by atoms with Crippen LogP contribution in [0.15, 0.2) is 24.3 Å². The first-order chi connectivity index (χ1) is 11.4. The molecule has 128 valence electrons. The molecule has 1 heterocycles. The Morgan fingerprint density at radius 3 is 2.58 bits per heavy atom. The van der Waals surface area contributed by atoms with Gasteiger partial charge >= 0.3 is 5.97 Å². The molecule has 0 bridgehead atoms. The number of nitrogens with one attached hydrogen (secondary N) is 1. The van der Waals surface area contributed by atoms with Crippen molar-refractivity contribution < 1.29 is 19.4 Å². The lowest BCUT2D eigenvalue weighted by atomic mass is 10.1. The molecule has 1 aromatic carbocycles. The van der Waals surface area contributed by atoms with Crippen LogP contribution in [0, 0.1) is 13.8 Å². The molecule has 6 heteroatoms. The van der Waals surface area contributed by atoms with Crippen molar-refractivity contribution in [3.05, 3.63) is 45.1 Å². The first-order valence-electron chi connectivity index (χ1n) is 7.67. The first kappa shape index (κ1) is 18.0. The minimum atomic E-state index is -1.06. The van der Waals surface area contributed by atoms with Crippen LogP contribution in [0.5, 0.6) is 5.75 Å². The summed E-state index contributed by atoms with van der Waals surface area (Å²) < 4.78 is 5.05. The highest BCUT2D eigenvalue weighted by Crippen LogP contribution is 2.24. The third kappa shape index (κ3) is 4.58. The Labute approximate surface area is 145 Å². The number of methoxy groups -OCH3 is 1. The number of aromatic carboxylic acids is 1. The Kier molecular flexibility index (Phi) is 5.98. The lowest BCUT2D eigenvalue weighted by molar-refractivity contribution is -0.116. The summed E-state index contributed by atoms with van der Waals surface area (Å²) in [5.74, 6) is -0.930. The van der Waals surface area contributed by atoms with Gasteiger partial charge in [0.25, 0.3) is 0 Å². The van der Waals surface area contributed by atoms with Crippen LogP contribution in [0.25, 0.3) is 0 Å². The largest absolute Gasteiger partial charge is 0.496 e. The van der Waals surface area contributed by atoms with Crippen LogP contribution in [0.1, 0.15) is 38.5 Å². The minimum absolute atomic E-state index is 0.0683. The fourth-order valence-corrected chi connectivity index (χ4v) is 3.52. The van der Waals surface area contributed by atoms with Crippen LogP contribution in [0.2, 0.25) is 0 Å². The minimum Gasteiger partial charge on any atom is -0.496 e. The molecule has 0 spiro atoms. The van der Waals surface area contributed by atoms with Gasteiger partial charge in [0.2, 0.25) is 5.91 Å². The molecule has 2 N–H and O–H groups in total. The number of thiophene rings is 1. The highest BCUT2D eigenvalue weighted by molar-refractivity contribution is 7.12. The molecule has 0 aliphatic heterocycles. The third-order valence-electron chi connectivity index (χ3n) is 3.71. The van der Waals surface area contributed by atoms with Gasteiger partial charge in [-0.2, -0.15) is 0 Å². The molecule has 0 saturated heterocycles. The van der Waals surface area contributed by atoms with Crippen LogP contribution in [-0.2, 0) is 11.2 Å². The second-order valence-electron chi connectivity index (χ2n) is 5.56. The number of benzene rings is 1. The number of carbonyl (C=O) groups is 2. The molecule has 0 radical (unpaired) electrons.